The molecule has 1 aliphatic heterocycles. The average molecular weight is 233 g/mol. The van der Waals surface area contributed by atoms with Crippen LogP contribution >= 0.6 is 0 Å². The first-order valence-corrected chi connectivity index (χ1v) is 6.78. The van der Waals surface area contributed by atoms with Crippen molar-refractivity contribution in [2.24, 2.45) is 17.3 Å². The Morgan fingerprint density at radius 3 is 2.59 bits per heavy atom. The molecule has 3 atom stereocenters. The highest BCUT2D eigenvalue weighted by molar-refractivity contribution is 6.15. The molecule has 2 aliphatic rings. The summed E-state index contributed by atoms with van der Waals surface area (Å²) in [6, 6.07) is 0. The van der Waals surface area contributed by atoms with Crippen molar-refractivity contribution in [3.05, 3.63) is 0 Å². The second-order valence-electron chi connectivity index (χ2n) is 6.96. The molecule has 2 nitrogen and oxygen atoms in total. The van der Waals surface area contributed by atoms with Crippen molar-refractivity contribution in [3.63, 3.8) is 0 Å². The maximum Gasteiger partial charge on any atom is 0.225 e. The van der Waals surface area contributed by atoms with Crippen LogP contribution in [0.15, 0.2) is 0 Å². The molecule has 2 rings (SSSR count). The predicted molar refractivity (Wildman–Crippen MR) is 71.0 cm³/mol. The smallest absolute Gasteiger partial charge is 0.225 e. The molecule has 0 N–H and O–H groups in total. The van der Waals surface area contributed by atoms with Crippen molar-refractivity contribution in [3.8, 4) is 0 Å². The first kappa shape index (κ1) is 13.0. The van der Waals surface area contributed by atoms with Gasteiger partial charge in [-0.05, 0) is 30.6 Å². The number of hydrogen-bond donors (Lipinski definition) is 0. The fourth-order valence-electron chi connectivity index (χ4n) is 3.44. The molecule has 2 unspecified atom stereocenters. The zero-order valence-corrected chi connectivity index (χ0v) is 11.6. The molecule has 0 aromatic heterocycles. The van der Waals surface area contributed by atoms with E-state index >= 15 is 0 Å². The van der Waals surface area contributed by atoms with Gasteiger partial charge in [0.25, 0.3) is 0 Å². The summed E-state index contributed by atoms with van der Waals surface area (Å²) in [4.78, 5) is 14.1. The molecule has 0 bridgehead atoms. The Labute approximate surface area is 107 Å². The highest BCUT2D eigenvalue weighted by atomic mass is 16.2. The van der Waals surface area contributed by atoms with E-state index < -0.39 is 0 Å². The van der Waals surface area contributed by atoms with Gasteiger partial charge in [-0.25, -0.2) is 0 Å². The maximum absolute atomic E-state index is 12.2. The van der Waals surface area contributed by atoms with Crippen LogP contribution in [-0.2, 0) is 4.79 Å². The van der Waals surface area contributed by atoms with Crippen LogP contribution in [0.1, 0.15) is 46.5 Å². The third kappa shape index (κ3) is 2.13. The molecule has 17 heavy (non-hydrogen) atoms. The monoisotopic (exact) mass is 233 g/mol. The molecule has 2 radical (unpaired) electrons. The van der Waals surface area contributed by atoms with Crippen LogP contribution in [0.5, 0.6) is 0 Å². The van der Waals surface area contributed by atoms with E-state index in [4.69, 9.17) is 7.85 Å². The van der Waals surface area contributed by atoms with E-state index in [1.807, 2.05) is 11.9 Å². The zero-order valence-electron chi connectivity index (χ0n) is 11.6. The van der Waals surface area contributed by atoms with E-state index in [0.29, 0.717) is 11.8 Å². The van der Waals surface area contributed by atoms with Crippen LogP contribution < -0.4 is 0 Å². The van der Waals surface area contributed by atoms with Crippen molar-refractivity contribution in [2.45, 2.75) is 51.8 Å². The van der Waals surface area contributed by atoms with E-state index in [0.717, 1.165) is 32.2 Å². The molecular formula is C14H24BNO. The number of nitrogens with zero attached hydrogens (tertiary/aromatic N) is 1. The molecule has 3 heteroatoms. The number of piperidine rings is 1. The molecular weight excluding hydrogens is 209 g/mol. The lowest BCUT2D eigenvalue weighted by Crippen LogP contribution is -2.43. The molecule has 0 aromatic carbocycles. The molecule has 1 amide bonds. The van der Waals surface area contributed by atoms with Crippen LogP contribution in [0, 0.1) is 17.3 Å². The quantitative estimate of drug-likeness (QED) is 0.589. The molecule has 0 aromatic rings. The predicted octanol–water partition coefficient (Wildman–Crippen LogP) is 2.64. The number of amides is 1. The molecule has 0 spiro atoms. The normalized spacial score (nSPS) is 41.9. The standard InChI is InChI=1S/C14H24BNO/c1-13(2)9-10-6-8-16(4)12(17)11(10)5-7-14(13,3)15/h10-11H,5-9H2,1-4H3/t10?,11-,14?/m0/s1. The maximum atomic E-state index is 12.2. The van der Waals surface area contributed by atoms with Crippen LogP contribution in [0.3, 0.4) is 0 Å². The average Bonchev–Trinajstić information content (AvgIpc) is 2.30. The number of likely N-dealkylation sites (tertiary alicyclic amines) is 1. The van der Waals surface area contributed by atoms with Crippen LogP contribution in [-0.4, -0.2) is 32.2 Å². The molecule has 1 heterocycles. The Hall–Kier alpha value is -0.465. The minimum Gasteiger partial charge on any atom is -0.346 e. The zero-order chi connectivity index (χ0) is 12.8. The lowest BCUT2D eigenvalue weighted by molar-refractivity contribution is -0.140. The van der Waals surface area contributed by atoms with Crippen LogP contribution in [0.4, 0.5) is 0 Å². The van der Waals surface area contributed by atoms with Crippen molar-refractivity contribution < 1.29 is 4.79 Å². The van der Waals surface area contributed by atoms with Crippen LogP contribution in [0.2, 0.25) is 5.31 Å². The minimum atomic E-state index is -0.150. The van der Waals surface area contributed by atoms with E-state index in [1.165, 1.54) is 0 Å². The van der Waals surface area contributed by atoms with Gasteiger partial charge >= 0.3 is 0 Å². The van der Waals surface area contributed by atoms with Crippen molar-refractivity contribution in [1.29, 1.82) is 0 Å². The van der Waals surface area contributed by atoms with Gasteiger partial charge < -0.3 is 4.90 Å². The van der Waals surface area contributed by atoms with Crippen molar-refractivity contribution in [1.82, 2.24) is 4.90 Å². The van der Waals surface area contributed by atoms with E-state index in [-0.39, 0.29) is 16.6 Å². The van der Waals surface area contributed by atoms with E-state index in [1.54, 1.807) is 0 Å². The first-order valence-electron chi connectivity index (χ1n) is 6.78. The Bertz CT molecular complexity index is 324. The van der Waals surface area contributed by atoms with E-state index in [2.05, 4.69) is 20.8 Å². The van der Waals surface area contributed by atoms with Crippen molar-refractivity contribution >= 4 is 13.8 Å². The molecule has 1 aliphatic carbocycles. The Morgan fingerprint density at radius 1 is 1.29 bits per heavy atom. The number of hydrogen-bond acceptors (Lipinski definition) is 1. The summed E-state index contributed by atoms with van der Waals surface area (Å²) in [7, 11) is 8.39. The summed E-state index contributed by atoms with van der Waals surface area (Å²) >= 11 is 0. The third-order valence-electron chi connectivity index (χ3n) is 5.39. The van der Waals surface area contributed by atoms with Gasteiger partial charge in [-0.3, -0.25) is 4.79 Å². The summed E-state index contributed by atoms with van der Waals surface area (Å²) in [6.45, 7) is 7.59. The summed E-state index contributed by atoms with van der Waals surface area (Å²) in [5, 5.41) is -0.150. The SMILES string of the molecule is [B]C1(C)CC[C@@H]2C(=O)N(C)CCC2CC1(C)C. The van der Waals surface area contributed by atoms with Gasteiger partial charge in [-0.2, -0.15) is 0 Å². The third-order valence-corrected chi connectivity index (χ3v) is 5.39. The molecule has 1 saturated carbocycles. The molecule has 1 saturated heterocycles. The van der Waals surface area contributed by atoms with Gasteiger partial charge in [0.05, 0.1) is 7.85 Å². The Balaban J connectivity index is 2.24. The first-order chi connectivity index (χ1) is 7.74. The highest BCUT2D eigenvalue weighted by Gasteiger charge is 2.46. The van der Waals surface area contributed by atoms with Gasteiger partial charge in [0.2, 0.25) is 5.91 Å². The molecule has 94 valence electrons. The van der Waals surface area contributed by atoms with Gasteiger partial charge in [0.1, 0.15) is 0 Å². The van der Waals surface area contributed by atoms with Crippen molar-refractivity contribution in [2.75, 3.05) is 13.6 Å². The number of rotatable bonds is 0. The van der Waals surface area contributed by atoms with Gasteiger partial charge in [-0.1, -0.05) is 32.5 Å². The van der Waals surface area contributed by atoms with Gasteiger partial charge in [-0.15, -0.1) is 0 Å². The summed E-state index contributed by atoms with van der Waals surface area (Å²) in [6.07, 6.45) is 4.15. The van der Waals surface area contributed by atoms with E-state index in [9.17, 15) is 4.79 Å². The summed E-state index contributed by atoms with van der Waals surface area (Å²) in [5.41, 5.74) is 0.128. The molecule has 2 fully saturated rings. The Morgan fingerprint density at radius 2 is 1.94 bits per heavy atom. The lowest BCUT2D eigenvalue weighted by Gasteiger charge is -2.43. The second kappa shape index (κ2) is 4.03. The van der Waals surface area contributed by atoms with Gasteiger partial charge in [0, 0.05) is 19.5 Å². The Kier molecular flexibility index (Phi) is 3.08. The summed E-state index contributed by atoms with van der Waals surface area (Å²) in [5.74, 6) is 1.10. The number of carbonyl (C=O) groups is 1. The number of carbonyl (C=O) groups excluding carboxylic acids is 1. The topological polar surface area (TPSA) is 20.3 Å². The lowest BCUT2D eigenvalue weighted by atomic mass is 9.52. The minimum absolute atomic E-state index is 0.128. The fourth-order valence-corrected chi connectivity index (χ4v) is 3.44. The summed E-state index contributed by atoms with van der Waals surface area (Å²) < 4.78 is 0. The second-order valence-corrected chi connectivity index (χ2v) is 6.96. The number of fused-ring (bicyclic) bond motifs is 1. The highest BCUT2D eigenvalue weighted by Crippen LogP contribution is 2.55. The largest absolute Gasteiger partial charge is 0.346 e. The van der Waals surface area contributed by atoms with Gasteiger partial charge in [0.15, 0.2) is 0 Å². The fraction of sp³-hybridized carbons (Fsp3) is 0.929. The van der Waals surface area contributed by atoms with Crippen LogP contribution in [0.25, 0.3) is 0 Å².